The van der Waals surface area contributed by atoms with Gasteiger partial charge in [0.15, 0.2) is 0 Å². The van der Waals surface area contributed by atoms with Gasteiger partial charge in [-0.1, -0.05) is 32.3 Å². The highest BCUT2D eigenvalue weighted by Gasteiger charge is 2.36. The lowest BCUT2D eigenvalue weighted by molar-refractivity contribution is 0.00399. The average molecular weight is 457 g/mol. The normalized spacial score (nSPS) is 40.4. The second-order valence-electron chi connectivity index (χ2n) is 12.8. The summed E-state index contributed by atoms with van der Waals surface area (Å²) < 4.78 is 6.12. The minimum atomic E-state index is 0.585. The Balaban J connectivity index is 1.10. The minimum Gasteiger partial charge on any atom is -0.378 e. The van der Waals surface area contributed by atoms with Crippen LogP contribution in [0.25, 0.3) is 0 Å². The van der Waals surface area contributed by atoms with Crippen LogP contribution in [0.4, 0.5) is 0 Å². The van der Waals surface area contributed by atoms with Crippen LogP contribution in [0.15, 0.2) is 12.7 Å². The number of ether oxygens (including phenoxy) is 1. The molecule has 0 bridgehead atoms. The Morgan fingerprint density at radius 3 is 1.39 bits per heavy atom. The zero-order valence-electron chi connectivity index (χ0n) is 22.2. The van der Waals surface area contributed by atoms with Gasteiger partial charge in [0.25, 0.3) is 0 Å². The van der Waals surface area contributed by atoms with Crippen LogP contribution in [0.1, 0.15) is 135 Å². The molecule has 0 aromatic heterocycles. The molecule has 4 aliphatic rings. The molecular formula is C32H56O. The van der Waals surface area contributed by atoms with Gasteiger partial charge in [-0.25, -0.2) is 0 Å². The van der Waals surface area contributed by atoms with E-state index in [0.717, 1.165) is 48.0 Å². The molecule has 4 rings (SSSR count). The number of rotatable bonds is 10. The first-order valence-electron chi connectivity index (χ1n) is 15.5. The number of unbranched alkanes of at least 4 members (excludes halogenated alkanes) is 1. The molecule has 0 spiro atoms. The molecule has 0 saturated heterocycles. The topological polar surface area (TPSA) is 9.23 Å². The van der Waals surface area contributed by atoms with Gasteiger partial charge in [0.2, 0.25) is 0 Å². The van der Waals surface area contributed by atoms with Crippen molar-refractivity contribution in [1.29, 1.82) is 0 Å². The average Bonchev–Trinajstić information content (AvgIpc) is 2.89. The van der Waals surface area contributed by atoms with Crippen LogP contribution in [0.5, 0.6) is 0 Å². The Bertz CT molecular complexity index is 523. The summed E-state index contributed by atoms with van der Waals surface area (Å²) in [4.78, 5) is 0. The lowest BCUT2D eigenvalue weighted by Gasteiger charge is -2.43. The van der Waals surface area contributed by atoms with Crippen molar-refractivity contribution >= 4 is 0 Å². The number of allylic oxidation sites excluding steroid dienone is 1. The molecule has 0 radical (unpaired) electrons. The summed E-state index contributed by atoms with van der Waals surface area (Å²) in [7, 11) is 0. The molecule has 1 heteroatoms. The fourth-order valence-corrected chi connectivity index (χ4v) is 8.60. The van der Waals surface area contributed by atoms with Crippen LogP contribution in [0, 0.1) is 41.4 Å². The van der Waals surface area contributed by atoms with Gasteiger partial charge in [0, 0.05) is 6.61 Å². The van der Waals surface area contributed by atoms with Gasteiger partial charge in [0.05, 0.1) is 6.10 Å². The molecule has 0 aromatic carbocycles. The Morgan fingerprint density at radius 1 is 0.606 bits per heavy atom. The van der Waals surface area contributed by atoms with Crippen LogP contribution in [0.3, 0.4) is 0 Å². The zero-order chi connectivity index (χ0) is 22.9. The molecule has 0 N–H and O–H groups in total. The van der Waals surface area contributed by atoms with E-state index >= 15 is 0 Å². The van der Waals surface area contributed by atoms with Crippen LogP contribution in [-0.4, -0.2) is 12.7 Å². The monoisotopic (exact) mass is 456 g/mol. The van der Waals surface area contributed by atoms with Gasteiger partial charge in [-0.05, 0) is 151 Å². The molecule has 0 aliphatic heterocycles. The molecule has 4 aliphatic carbocycles. The molecule has 4 fully saturated rings. The molecular weight excluding hydrogens is 400 g/mol. The van der Waals surface area contributed by atoms with Crippen molar-refractivity contribution in [3.05, 3.63) is 12.7 Å². The second-order valence-corrected chi connectivity index (χ2v) is 12.8. The zero-order valence-corrected chi connectivity index (χ0v) is 22.2. The van der Waals surface area contributed by atoms with Gasteiger partial charge in [-0.15, -0.1) is 6.58 Å². The van der Waals surface area contributed by atoms with Gasteiger partial charge in [-0.2, -0.15) is 0 Å². The lowest BCUT2D eigenvalue weighted by Crippen LogP contribution is -2.32. The summed E-state index contributed by atoms with van der Waals surface area (Å²) in [5, 5.41) is 0. The van der Waals surface area contributed by atoms with Gasteiger partial charge in [-0.3, -0.25) is 0 Å². The van der Waals surface area contributed by atoms with E-state index in [1.54, 1.807) is 51.4 Å². The Kier molecular flexibility index (Phi) is 10.7. The molecule has 0 amide bonds. The largest absolute Gasteiger partial charge is 0.378 e. The maximum atomic E-state index is 6.12. The van der Waals surface area contributed by atoms with Gasteiger partial charge in [0.1, 0.15) is 0 Å². The van der Waals surface area contributed by atoms with Crippen molar-refractivity contribution in [3.8, 4) is 0 Å². The maximum absolute atomic E-state index is 6.12. The predicted molar refractivity (Wildman–Crippen MR) is 142 cm³/mol. The molecule has 1 nitrogen and oxygen atoms in total. The molecule has 0 atom stereocenters. The first-order chi connectivity index (χ1) is 16.3. The highest BCUT2D eigenvalue weighted by atomic mass is 16.5. The summed E-state index contributed by atoms with van der Waals surface area (Å²) in [6, 6.07) is 0. The summed E-state index contributed by atoms with van der Waals surface area (Å²) in [5.41, 5.74) is 0. The van der Waals surface area contributed by atoms with E-state index in [1.807, 2.05) is 0 Å². The smallest absolute Gasteiger partial charge is 0.0575 e. The fourth-order valence-electron chi connectivity index (χ4n) is 8.60. The summed E-state index contributed by atoms with van der Waals surface area (Å²) in [5.74, 6) is 7.38. The van der Waals surface area contributed by atoms with E-state index in [4.69, 9.17) is 4.74 Å². The molecule has 190 valence electrons. The first kappa shape index (κ1) is 25.8. The van der Waals surface area contributed by atoms with Gasteiger partial charge < -0.3 is 4.74 Å². The molecule has 0 aromatic rings. The highest BCUT2D eigenvalue weighted by Crippen LogP contribution is 2.48. The standard InChI is InChI=1S/C32H56O/c1-3-5-7-25-8-10-26(11-9-25)27-12-14-28(15-13-27)29-16-18-30(19-17-29)31-20-22-32(23-21-31)33-24-6-4-2/h3,25-32H,1,4-24H2,2H3. The minimum absolute atomic E-state index is 0.585. The first-order valence-corrected chi connectivity index (χ1v) is 15.5. The van der Waals surface area contributed by atoms with Crippen molar-refractivity contribution in [2.45, 2.75) is 141 Å². The van der Waals surface area contributed by atoms with Crippen molar-refractivity contribution in [2.24, 2.45) is 41.4 Å². The number of hydrogen-bond donors (Lipinski definition) is 0. The summed E-state index contributed by atoms with van der Waals surface area (Å²) in [6.45, 7) is 7.18. The third-order valence-corrected chi connectivity index (χ3v) is 10.9. The van der Waals surface area contributed by atoms with Crippen LogP contribution >= 0.6 is 0 Å². The van der Waals surface area contributed by atoms with Crippen molar-refractivity contribution < 1.29 is 4.74 Å². The Labute approximate surface area is 206 Å². The van der Waals surface area contributed by atoms with E-state index in [0.29, 0.717) is 6.10 Å². The van der Waals surface area contributed by atoms with Crippen molar-refractivity contribution in [2.75, 3.05) is 6.61 Å². The van der Waals surface area contributed by atoms with E-state index in [1.165, 1.54) is 77.0 Å². The quantitative estimate of drug-likeness (QED) is 0.235. The van der Waals surface area contributed by atoms with E-state index < -0.39 is 0 Å². The number of hydrogen-bond acceptors (Lipinski definition) is 1. The third-order valence-electron chi connectivity index (χ3n) is 10.9. The van der Waals surface area contributed by atoms with Gasteiger partial charge >= 0.3 is 0 Å². The molecule has 0 unspecified atom stereocenters. The van der Waals surface area contributed by atoms with Crippen LogP contribution in [-0.2, 0) is 4.74 Å². The predicted octanol–water partition coefficient (Wildman–Crippen LogP) is 9.75. The van der Waals surface area contributed by atoms with E-state index in [-0.39, 0.29) is 0 Å². The molecule has 0 heterocycles. The lowest BCUT2D eigenvalue weighted by atomic mass is 9.63. The Hall–Kier alpha value is -0.300. The second kappa shape index (κ2) is 13.7. The maximum Gasteiger partial charge on any atom is 0.0575 e. The van der Waals surface area contributed by atoms with E-state index in [2.05, 4.69) is 19.6 Å². The summed E-state index contributed by atoms with van der Waals surface area (Å²) >= 11 is 0. The fraction of sp³-hybridized carbons (Fsp3) is 0.938. The Morgan fingerprint density at radius 2 is 1.00 bits per heavy atom. The van der Waals surface area contributed by atoms with E-state index in [9.17, 15) is 0 Å². The summed E-state index contributed by atoms with van der Waals surface area (Å²) in [6.07, 6.45) is 32.0. The molecule has 4 saturated carbocycles. The van der Waals surface area contributed by atoms with Crippen LogP contribution < -0.4 is 0 Å². The molecule has 33 heavy (non-hydrogen) atoms. The van der Waals surface area contributed by atoms with Crippen molar-refractivity contribution in [3.63, 3.8) is 0 Å². The SMILES string of the molecule is C=CCCC1CCC(C2CCC(C3CCC(C4CCC(OCCCC)CC4)CC3)CC2)CC1. The van der Waals surface area contributed by atoms with Crippen molar-refractivity contribution in [1.82, 2.24) is 0 Å². The highest BCUT2D eigenvalue weighted by molar-refractivity contribution is 4.88. The van der Waals surface area contributed by atoms with Crippen LogP contribution in [0.2, 0.25) is 0 Å². The third kappa shape index (κ3) is 7.59.